The summed E-state index contributed by atoms with van der Waals surface area (Å²) in [4.78, 5) is 5.13. The first-order valence-corrected chi connectivity index (χ1v) is 35.7. The fourth-order valence-corrected chi connectivity index (χ4v) is 16.3. The zero-order valence-electron chi connectivity index (χ0n) is 60.4. The van der Waals surface area contributed by atoms with Crippen molar-refractivity contribution in [1.29, 1.82) is 5.26 Å². The topological polar surface area (TPSA) is 45.1 Å². The first kappa shape index (κ1) is 62.7. The van der Waals surface area contributed by atoms with Gasteiger partial charge in [-0.25, -0.2) is 0 Å². The van der Waals surface area contributed by atoms with Crippen LogP contribution in [0, 0.1) is 11.3 Å². The minimum atomic E-state index is -0.292. The van der Waals surface area contributed by atoms with E-state index in [1.807, 2.05) is 0 Å². The molecule has 0 N–H and O–H groups in total. The van der Waals surface area contributed by atoms with Crippen molar-refractivity contribution in [2.45, 2.75) is 131 Å². The van der Waals surface area contributed by atoms with Crippen LogP contribution in [-0.2, 0) is 27.1 Å². The summed E-state index contributed by atoms with van der Waals surface area (Å²) in [5.41, 5.74) is 28.9. The number of benzene rings is 12. The van der Waals surface area contributed by atoms with Gasteiger partial charge >= 0.3 is 0 Å². The Morgan fingerprint density at radius 2 is 0.620 bits per heavy atom. The molecule has 0 aliphatic carbocycles. The van der Waals surface area contributed by atoms with E-state index < -0.39 is 0 Å². The van der Waals surface area contributed by atoms with Gasteiger partial charge in [-0.3, -0.25) is 0 Å². The van der Waals surface area contributed by atoms with Gasteiger partial charge in [-0.2, -0.15) is 5.26 Å². The molecule has 0 amide bonds. The maximum absolute atomic E-state index is 11.3. The molecule has 0 radical (unpaired) electrons. The average molecular weight is 1300 g/mol. The molecule has 2 aliphatic rings. The van der Waals surface area contributed by atoms with Gasteiger partial charge in [0.1, 0.15) is 6.07 Å². The van der Waals surface area contributed by atoms with Crippen molar-refractivity contribution in [1.82, 2.24) is 13.7 Å². The molecular formula is C93H85BN6. The molecule has 0 saturated heterocycles. The molecule has 5 heterocycles. The van der Waals surface area contributed by atoms with E-state index in [1.54, 1.807) is 0 Å². The minimum absolute atomic E-state index is 0.0398. The van der Waals surface area contributed by atoms with Gasteiger partial charge in [0.25, 0.3) is 6.71 Å². The Kier molecular flexibility index (Phi) is 13.9. The second-order valence-electron chi connectivity index (χ2n) is 33.5. The van der Waals surface area contributed by atoms with E-state index >= 15 is 0 Å². The van der Waals surface area contributed by atoms with Gasteiger partial charge < -0.3 is 23.5 Å². The summed E-state index contributed by atoms with van der Waals surface area (Å²) in [7, 11) is 0. The number of hydrogen-bond acceptors (Lipinski definition) is 3. The van der Waals surface area contributed by atoms with Crippen molar-refractivity contribution in [3.8, 4) is 34.3 Å². The number of rotatable bonds is 6. The van der Waals surface area contributed by atoms with E-state index in [1.165, 1.54) is 93.4 Å². The average Bonchev–Trinajstić information content (AvgIpc) is 1.18. The molecule has 0 fully saturated rings. The number of para-hydroxylation sites is 2. The largest absolute Gasteiger partial charge is 0.311 e. The summed E-state index contributed by atoms with van der Waals surface area (Å²) in [6, 6.07) is 94.7. The molecule has 3 aromatic heterocycles. The van der Waals surface area contributed by atoms with Crippen LogP contribution in [0.4, 0.5) is 34.1 Å². The Morgan fingerprint density at radius 3 is 1.03 bits per heavy atom. The zero-order chi connectivity index (χ0) is 69.4. The molecule has 0 bridgehead atoms. The maximum Gasteiger partial charge on any atom is 0.252 e. The van der Waals surface area contributed by atoms with Crippen molar-refractivity contribution in [2.24, 2.45) is 0 Å². The van der Waals surface area contributed by atoms with Gasteiger partial charge in [-0.15, -0.1) is 0 Å². The van der Waals surface area contributed by atoms with E-state index in [4.69, 9.17) is 0 Å². The standard InChI is InChI=1S/C93H85BN6/c1-89(2,3)60-32-43-79-71(47-60)72-48-61(90(4,5)6)33-44-80(72)97(79)67-39-41-75-84(54-67)96(65-36-29-58(30-37-65)57-23-17-16-18-24-57)86-51-64(93(13,14)15)52-87-88(86)94(75)76-42-40-68(98-81-45-34-62(91(7,8)9)49-73(81)74-50-63(92(10,11)12)35-46-82(74)98)55-85(76)99(87)66-38-31-59(56-95)83(53-66)100-77-27-21-19-25-69(77)70-26-20-22-28-78(70)100/h16-55H,1-15H3. The Labute approximate surface area is 589 Å². The van der Waals surface area contributed by atoms with E-state index in [9.17, 15) is 5.26 Å². The number of hydrogen-bond donors (Lipinski definition) is 0. The summed E-state index contributed by atoms with van der Waals surface area (Å²) in [5, 5.41) is 18.7. The van der Waals surface area contributed by atoms with Crippen LogP contribution in [-0.4, -0.2) is 20.4 Å². The van der Waals surface area contributed by atoms with Crippen LogP contribution in [0.15, 0.2) is 243 Å². The smallest absolute Gasteiger partial charge is 0.252 e. The summed E-state index contributed by atoms with van der Waals surface area (Å²) in [5.74, 6) is 0. The van der Waals surface area contributed by atoms with Crippen molar-refractivity contribution >= 4 is 123 Å². The van der Waals surface area contributed by atoms with Crippen LogP contribution < -0.4 is 26.2 Å². The van der Waals surface area contributed by atoms with Gasteiger partial charge in [0.2, 0.25) is 0 Å². The monoisotopic (exact) mass is 1300 g/mol. The molecule has 0 saturated carbocycles. The summed E-state index contributed by atoms with van der Waals surface area (Å²) >= 11 is 0. The third-order valence-electron chi connectivity index (χ3n) is 21.8. The first-order chi connectivity index (χ1) is 47.7. The van der Waals surface area contributed by atoms with E-state index in [0.717, 1.165) is 78.6 Å². The lowest BCUT2D eigenvalue weighted by Crippen LogP contribution is -2.61. The Bertz CT molecular complexity index is 5750. The highest BCUT2D eigenvalue weighted by molar-refractivity contribution is 7.00. The van der Waals surface area contributed by atoms with E-state index in [2.05, 4.69) is 376 Å². The molecule has 12 aromatic carbocycles. The molecule has 0 spiro atoms. The van der Waals surface area contributed by atoms with Crippen LogP contribution in [0.25, 0.3) is 93.6 Å². The molecule has 490 valence electrons. The van der Waals surface area contributed by atoms with Crippen LogP contribution >= 0.6 is 0 Å². The Hall–Kier alpha value is -10.8. The number of nitriles is 1. The van der Waals surface area contributed by atoms with E-state index in [0.29, 0.717) is 5.56 Å². The lowest BCUT2D eigenvalue weighted by atomic mass is 9.33. The van der Waals surface area contributed by atoms with Crippen LogP contribution in [0.3, 0.4) is 0 Å². The van der Waals surface area contributed by atoms with Gasteiger partial charge in [0.05, 0.1) is 44.4 Å². The summed E-state index contributed by atoms with van der Waals surface area (Å²) in [6.45, 7) is 34.7. The van der Waals surface area contributed by atoms with Crippen molar-refractivity contribution in [3.63, 3.8) is 0 Å². The van der Waals surface area contributed by atoms with Crippen molar-refractivity contribution in [2.75, 3.05) is 9.80 Å². The van der Waals surface area contributed by atoms with Gasteiger partial charge in [0.15, 0.2) is 0 Å². The minimum Gasteiger partial charge on any atom is -0.311 e. The molecule has 7 heteroatoms. The van der Waals surface area contributed by atoms with Crippen LogP contribution in [0.1, 0.15) is 137 Å². The number of nitrogens with zero attached hydrogens (tertiary/aromatic N) is 6. The maximum atomic E-state index is 11.3. The van der Waals surface area contributed by atoms with Gasteiger partial charge in [-0.1, -0.05) is 219 Å². The molecule has 15 aromatic rings. The normalized spacial score (nSPS) is 13.5. The predicted molar refractivity (Wildman–Crippen MR) is 427 cm³/mol. The SMILES string of the molecule is CC(C)(C)c1cc2c3c(c1)N(c1ccc(C#N)c(-n4c5ccccc5c5ccccc54)c1)c1cc(-n4c5ccc(C(C)(C)C)cc5c5cc(C(C)(C)C)ccc54)ccc1B3c1ccc(-n3c4ccc(C(C)(C)C)cc4c4cc(C(C)(C)C)ccc43)cc1N2c1ccc(-c2ccccc2)cc1. The molecule has 17 rings (SSSR count). The van der Waals surface area contributed by atoms with Crippen LogP contribution in [0.2, 0.25) is 0 Å². The second-order valence-corrected chi connectivity index (χ2v) is 33.5. The van der Waals surface area contributed by atoms with Crippen molar-refractivity contribution in [3.05, 3.63) is 276 Å². The lowest BCUT2D eigenvalue weighted by Gasteiger charge is -2.45. The zero-order valence-corrected chi connectivity index (χ0v) is 60.4. The Morgan fingerprint density at radius 1 is 0.270 bits per heavy atom. The molecule has 0 unspecified atom stereocenters. The third-order valence-corrected chi connectivity index (χ3v) is 21.8. The van der Waals surface area contributed by atoms with E-state index in [-0.39, 0.29) is 33.8 Å². The fourth-order valence-electron chi connectivity index (χ4n) is 16.3. The van der Waals surface area contributed by atoms with Crippen LogP contribution in [0.5, 0.6) is 0 Å². The number of aromatic nitrogens is 3. The first-order valence-electron chi connectivity index (χ1n) is 35.7. The predicted octanol–water partition coefficient (Wildman–Crippen LogP) is 23.1. The quantitative estimate of drug-likeness (QED) is 0.156. The highest BCUT2D eigenvalue weighted by Crippen LogP contribution is 2.50. The highest BCUT2D eigenvalue weighted by Gasteiger charge is 2.45. The van der Waals surface area contributed by atoms with Gasteiger partial charge in [-0.05, 0) is 210 Å². The molecule has 2 aliphatic heterocycles. The Balaban J connectivity index is 0.978. The number of fused-ring (bicyclic) bond motifs is 13. The van der Waals surface area contributed by atoms with Crippen molar-refractivity contribution < 1.29 is 0 Å². The highest BCUT2D eigenvalue weighted by atomic mass is 15.2. The molecular weight excluding hydrogens is 1210 g/mol. The summed E-state index contributed by atoms with van der Waals surface area (Å²) in [6.07, 6.45) is 0. The molecule has 6 nitrogen and oxygen atoms in total. The summed E-state index contributed by atoms with van der Waals surface area (Å²) < 4.78 is 7.35. The number of anilines is 6. The lowest BCUT2D eigenvalue weighted by molar-refractivity contribution is 0.590. The molecule has 0 atom stereocenters. The molecule has 100 heavy (non-hydrogen) atoms. The van der Waals surface area contributed by atoms with Gasteiger partial charge in [0, 0.05) is 77.8 Å². The fraction of sp³-hybridized carbons (Fsp3) is 0.215. The second kappa shape index (κ2) is 22.1. The third kappa shape index (κ3) is 9.87.